The molecule has 1 amide bonds. The van der Waals surface area contributed by atoms with Crippen LogP contribution in [0.25, 0.3) is 0 Å². The predicted octanol–water partition coefficient (Wildman–Crippen LogP) is 4.60. The number of benzene rings is 3. The molecule has 0 spiro atoms. The molecule has 2 N–H and O–H groups in total. The Kier molecular flexibility index (Phi) is 6.75. The SMILES string of the molecule is NCCc1cccc(OCCC2Oc3ccccc3N(Cc3cccc(Cl)c3)C2=O)c1. The van der Waals surface area contributed by atoms with Crippen molar-refractivity contribution in [2.45, 2.75) is 25.5 Å². The van der Waals surface area contributed by atoms with Crippen LogP contribution in [-0.4, -0.2) is 25.2 Å². The topological polar surface area (TPSA) is 64.8 Å². The number of amides is 1. The van der Waals surface area contributed by atoms with Crippen molar-refractivity contribution in [2.24, 2.45) is 5.73 Å². The van der Waals surface area contributed by atoms with Crippen LogP contribution in [0.3, 0.4) is 0 Å². The van der Waals surface area contributed by atoms with Gasteiger partial charge in [0.25, 0.3) is 5.91 Å². The van der Waals surface area contributed by atoms with Crippen molar-refractivity contribution in [3.05, 3.63) is 88.9 Å². The standard InChI is InChI=1S/C25H25ClN2O3/c26-20-7-3-6-19(15-20)17-28-22-9-1-2-10-23(22)31-24(25(28)29)12-14-30-21-8-4-5-18(16-21)11-13-27/h1-10,15-16,24H,11-14,17,27H2. The summed E-state index contributed by atoms with van der Waals surface area (Å²) in [5.41, 5.74) is 8.49. The first-order valence-electron chi connectivity index (χ1n) is 10.4. The molecule has 31 heavy (non-hydrogen) atoms. The van der Waals surface area contributed by atoms with Crippen molar-refractivity contribution in [1.29, 1.82) is 0 Å². The number of hydrogen-bond acceptors (Lipinski definition) is 4. The highest BCUT2D eigenvalue weighted by Gasteiger charge is 2.34. The van der Waals surface area contributed by atoms with Crippen LogP contribution >= 0.6 is 11.6 Å². The number of para-hydroxylation sites is 2. The van der Waals surface area contributed by atoms with Crippen molar-refractivity contribution in [3.63, 3.8) is 0 Å². The first-order chi connectivity index (χ1) is 15.1. The summed E-state index contributed by atoms with van der Waals surface area (Å²) >= 11 is 6.13. The third-order valence-electron chi connectivity index (χ3n) is 5.18. The van der Waals surface area contributed by atoms with Gasteiger partial charge in [0.1, 0.15) is 11.5 Å². The van der Waals surface area contributed by atoms with E-state index < -0.39 is 6.10 Å². The number of hydrogen-bond donors (Lipinski definition) is 1. The Morgan fingerprint density at radius 2 is 1.81 bits per heavy atom. The molecule has 3 aromatic carbocycles. The molecule has 0 radical (unpaired) electrons. The largest absolute Gasteiger partial charge is 0.493 e. The molecule has 0 bridgehead atoms. The van der Waals surface area contributed by atoms with Crippen LogP contribution in [0.1, 0.15) is 17.5 Å². The Bertz CT molecular complexity index is 1060. The molecule has 5 nitrogen and oxygen atoms in total. The predicted molar refractivity (Wildman–Crippen MR) is 123 cm³/mol. The summed E-state index contributed by atoms with van der Waals surface area (Å²) in [6.07, 6.45) is 0.637. The van der Waals surface area contributed by atoms with E-state index in [2.05, 4.69) is 0 Å². The normalized spacial score (nSPS) is 15.4. The van der Waals surface area contributed by atoms with Gasteiger partial charge >= 0.3 is 0 Å². The van der Waals surface area contributed by atoms with Crippen LogP contribution < -0.4 is 20.1 Å². The molecule has 4 rings (SSSR count). The monoisotopic (exact) mass is 436 g/mol. The zero-order valence-electron chi connectivity index (χ0n) is 17.2. The molecule has 1 heterocycles. The Morgan fingerprint density at radius 1 is 1.00 bits per heavy atom. The maximum absolute atomic E-state index is 13.3. The van der Waals surface area contributed by atoms with Crippen LogP contribution in [0, 0.1) is 0 Å². The van der Waals surface area contributed by atoms with E-state index in [-0.39, 0.29) is 5.91 Å². The summed E-state index contributed by atoms with van der Waals surface area (Å²) in [5, 5.41) is 0.647. The highest BCUT2D eigenvalue weighted by molar-refractivity contribution is 6.30. The highest BCUT2D eigenvalue weighted by Crippen LogP contribution is 2.35. The van der Waals surface area contributed by atoms with Crippen LogP contribution in [0.4, 0.5) is 5.69 Å². The Balaban J connectivity index is 1.46. The van der Waals surface area contributed by atoms with Gasteiger partial charge in [-0.3, -0.25) is 4.79 Å². The fourth-order valence-corrected chi connectivity index (χ4v) is 3.89. The Labute approximate surface area is 187 Å². The number of ether oxygens (including phenoxy) is 2. The summed E-state index contributed by atoms with van der Waals surface area (Å²) in [6.45, 7) is 1.39. The third kappa shape index (κ3) is 5.19. The first kappa shape index (κ1) is 21.2. The van der Waals surface area contributed by atoms with Crippen molar-refractivity contribution >= 4 is 23.2 Å². The second kappa shape index (κ2) is 9.86. The lowest BCUT2D eigenvalue weighted by atomic mass is 10.1. The van der Waals surface area contributed by atoms with E-state index in [1.807, 2.05) is 72.8 Å². The van der Waals surface area contributed by atoms with Crippen LogP contribution in [0.2, 0.25) is 5.02 Å². The van der Waals surface area contributed by atoms with E-state index in [1.165, 1.54) is 0 Å². The summed E-state index contributed by atoms with van der Waals surface area (Å²) < 4.78 is 11.9. The molecule has 0 aliphatic carbocycles. The number of anilines is 1. The molecule has 1 atom stereocenters. The second-order valence-corrected chi connectivity index (χ2v) is 7.89. The number of nitrogens with zero attached hydrogens (tertiary/aromatic N) is 1. The van der Waals surface area contributed by atoms with Crippen molar-refractivity contribution in [3.8, 4) is 11.5 Å². The second-order valence-electron chi connectivity index (χ2n) is 7.45. The fourth-order valence-electron chi connectivity index (χ4n) is 3.68. The molecule has 0 fully saturated rings. The molecule has 1 aliphatic heterocycles. The van der Waals surface area contributed by atoms with Gasteiger partial charge in [-0.25, -0.2) is 0 Å². The summed E-state index contributed by atoms with van der Waals surface area (Å²) in [7, 11) is 0. The van der Waals surface area contributed by atoms with Gasteiger partial charge in [0, 0.05) is 11.4 Å². The number of rotatable bonds is 8. The van der Waals surface area contributed by atoms with E-state index in [1.54, 1.807) is 4.90 Å². The summed E-state index contributed by atoms with van der Waals surface area (Å²) in [6, 6.07) is 23.0. The van der Waals surface area contributed by atoms with Gasteiger partial charge in [0.05, 0.1) is 18.8 Å². The number of nitrogens with two attached hydrogens (primary N) is 1. The van der Waals surface area contributed by atoms with E-state index in [9.17, 15) is 4.79 Å². The number of carbonyl (C=O) groups is 1. The molecule has 1 aliphatic rings. The lowest BCUT2D eigenvalue weighted by Crippen LogP contribution is -2.46. The molecule has 0 saturated heterocycles. The average Bonchev–Trinajstić information content (AvgIpc) is 2.77. The smallest absolute Gasteiger partial charge is 0.268 e. The molecule has 160 valence electrons. The average molecular weight is 437 g/mol. The minimum absolute atomic E-state index is 0.0841. The fraction of sp³-hybridized carbons (Fsp3) is 0.240. The number of fused-ring (bicyclic) bond motifs is 1. The lowest BCUT2D eigenvalue weighted by Gasteiger charge is -2.34. The van der Waals surface area contributed by atoms with Gasteiger partial charge in [-0.15, -0.1) is 0 Å². The lowest BCUT2D eigenvalue weighted by molar-refractivity contribution is -0.127. The van der Waals surface area contributed by atoms with Crippen LogP contribution in [0.5, 0.6) is 11.5 Å². The third-order valence-corrected chi connectivity index (χ3v) is 5.41. The Morgan fingerprint density at radius 3 is 2.65 bits per heavy atom. The molecular weight excluding hydrogens is 412 g/mol. The molecule has 3 aromatic rings. The molecule has 6 heteroatoms. The van der Waals surface area contributed by atoms with Crippen molar-refractivity contribution in [1.82, 2.24) is 0 Å². The molecular formula is C25H25ClN2O3. The minimum Gasteiger partial charge on any atom is -0.493 e. The van der Waals surface area contributed by atoms with Gasteiger partial charge in [-0.1, -0.05) is 48.0 Å². The number of halogens is 1. The zero-order chi connectivity index (χ0) is 21.6. The van der Waals surface area contributed by atoms with Gasteiger partial charge in [0.15, 0.2) is 6.10 Å². The zero-order valence-corrected chi connectivity index (χ0v) is 17.9. The Hall–Kier alpha value is -3.02. The number of carbonyl (C=O) groups excluding carboxylic acids is 1. The maximum Gasteiger partial charge on any atom is 0.268 e. The van der Waals surface area contributed by atoms with Crippen LogP contribution in [-0.2, 0) is 17.8 Å². The van der Waals surface area contributed by atoms with Crippen molar-refractivity contribution in [2.75, 3.05) is 18.1 Å². The molecule has 0 saturated carbocycles. The van der Waals surface area contributed by atoms with Gasteiger partial charge in [-0.05, 0) is 60.5 Å². The van der Waals surface area contributed by atoms with E-state index in [0.29, 0.717) is 36.9 Å². The van der Waals surface area contributed by atoms with Gasteiger partial charge in [0.2, 0.25) is 0 Å². The minimum atomic E-state index is -0.610. The molecule has 1 unspecified atom stereocenters. The van der Waals surface area contributed by atoms with E-state index in [0.717, 1.165) is 29.0 Å². The van der Waals surface area contributed by atoms with Gasteiger partial charge in [-0.2, -0.15) is 0 Å². The summed E-state index contributed by atoms with van der Waals surface area (Å²) in [5.74, 6) is 1.38. The quantitative estimate of drug-likeness (QED) is 0.560. The first-order valence-corrected chi connectivity index (χ1v) is 10.7. The van der Waals surface area contributed by atoms with Crippen molar-refractivity contribution < 1.29 is 14.3 Å². The van der Waals surface area contributed by atoms with E-state index >= 15 is 0 Å². The van der Waals surface area contributed by atoms with Crippen LogP contribution in [0.15, 0.2) is 72.8 Å². The summed E-state index contributed by atoms with van der Waals surface area (Å²) in [4.78, 5) is 15.0. The highest BCUT2D eigenvalue weighted by atomic mass is 35.5. The van der Waals surface area contributed by atoms with E-state index in [4.69, 9.17) is 26.8 Å². The van der Waals surface area contributed by atoms with Gasteiger partial charge < -0.3 is 20.1 Å². The molecule has 0 aromatic heterocycles. The maximum atomic E-state index is 13.3.